The quantitative estimate of drug-likeness (QED) is 0.721. The molecule has 0 bridgehead atoms. The minimum atomic E-state index is -3.66. The van der Waals surface area contributed by atoms with Gasteiger partial charge >= 0.3 is 0 Å². The fourth-order valence-corrected chi connectivity index (χ4v) is 5.16. The van der Waals surface area contributed by atoms with Crippen molar-refractivity contribution in [3.05, 3.63) is 42.5 Å². The van der Waals surface area contributed by atoms with Crippen LogP contribution >= 0.6 is 12.6 Å². The summed E-state index contributed by atoms with van der Waals surface area (Å²) in [6, 6.07) is 12.5. The number of nitrogens with two attached hydrogens (primary N) is 1. The zero-order chi connectivity index (χ0) is 16.7. The Kier molecular flexibility index (Phi) is 4.12. The second kappa shape index (κ2) is 5.81. The van der Waals surface area contributed by atoms with Gasteiger partial charge in [0, 0.05) is 11.8 Å². The number of benzene rings is 2. The highest BCUT2D eigenvalue weighted by Crippen LogP contribution is 2.28. The molecule has 1 heterocycles. The molecule has 3 rings (SSSR count). The Morgan fingerprint density at radius 2 is 1.96 bits per heavy atom. The Labute approximate surface area is 140 Å². The number of carbonyl (C=O) groups excluding carboxylic acids is 1. The number of rotatable bonds is 4. The van der Waals surface area contributed by atoms with Gasteiger partial charge in [0.1, 0.15) is 5.54 Å². The fraction of sp³-hybridized carbons (Fsp3) is 0.312. The molecule has 0 saturated carbocycles. The van der Waals surface area contributed by atoms with Gasteiger partial charge in [-0.25, -0.2) is 8.42 Å². The summed E-state index contributed by atoms with van der Waals surface area (Å²) in [6.07, 6.45) is 0.304. The van der Waals surface area contributed by atoms with Crippen LogP contribution < -0.4 is 11.1 Å². The maximum Gasteiger partial charge on any atom is 0.238 e. The van der Waals surface area contributed by atoms with E-state index in [-0.39, 0.29) is 15.9 Å². The maximum atomic E-state index is 12.8. The Morgan fingerprint density at radius 3 is 2.57 bits per heavy atom. The molecule has 2 aromatic rings. The summed E-state index contributed by atoms with van der Waals surface area (Å²) in [7, 11) is -3.66. The van der Waals surface area contributed by atoms with Crippen molar-refractivity contribution in [2.24, 2.45) is 5.73 Å². The molecule has 0 aromatic heterocycles. The number of hydrogen-bond acceptors (Lipinski definition) is 5. The molecule has 0 radical (unpaired) electrons. The minimum absolute atomic E-state index is 0.0886. The molecule has 2 atom stereocenters. The van der Waals surface area contributed by atoms with Crippen molar-refractivity contribution >= 4 is 39.1 Å². The highest BCUT2D eigenvalue weighted by atomic mass is 32.2. The fourth-order valence-electron chi connectivity index (χ4n) is 3.00. The van der Waals surface area contributed by atoms with Crippen LogP contribution in [0.3, 0.4) is 0 Å². The minimum Gasteiger partial charge on any atom is -0.368 e. The van der Waals surface area contributed by atoms with Crippen LogP contribution in [0.1, 0.15) is 6.42 Å². The Bertz CT molecular complexity index is 867. The Hall–Kier alpha value is -1.57. The first kappa shape index (κ1) is 16.3. The molecule has 1 amide bonds. The van der Waals surface area contributed by atoms with E-state index in [0.29, 0.717) is 13.0 Å². The standard InChI is InChI=1S/C16H18N2O3S2/c17-15(19)16(8-13(22)9-18-16)10-23(20,21)14-6-5-11-3-1-2-4-12(11)7-14/h1-7,13,18,22H,8-10H2,(H2,17,19). The Morgan fingerprint density at radius 1 is 1.26 bits per heavy atom. The van der Waals surface area contributed by atoms with Crippen LogP contribution in [-0.2, 0) is 14.6 Å². The van der Waals surface area contributed by atoms with E-state index >= 15 is 0 Å². The van der Waals surface area contributed by atoms with E-state index in [1.165, 1.54) is 0 Å². The Balaban J connectivity index is 1.98. The van der Waals surface area contributed by atoms with Crippen LogP contribution in [0.5, 0.6) is 0 Å². The van der Waals surface area contributed by atoms with Gasteiger partial charge in [-0.1, -0.05) is 30.3 Å². The lowest BCUT2D eigenvalue weighted by Crippen LogP contribution is -2.56. The molecule has 23 heavy (non-hydrogen) atoms. The predicted molar refractivity (Wildman–Crippen MR) is 93.3 cm³/mol. The first-order chi connectivity index (χ1) is 10.8. The number of sulfone groups is 1. The zero-order valence-electron chi connectivity index (χ0n) is 12.4. The number of nitrogens with one attached hydrogen (secondary N) is 1. The van der Waals surface area contributed by atoms with E-state index in [1.807, 2.05) is 24.3 Å². The van der Waals surface area contributed by atoms with Gasteiger partial charge in [0.05, 0.1) is 10.6 Å². The molecule has 3 N–H and O–H groups in total. The third-order valence-corrected chi connectivity index (χ3v) is 6.46. The van der Waals surface area contributed by atoms with Gasteiger partial charge in [0.15, 0.2) is 9.84 Å². The molecule has 122 valence electrons. The summed E-state index contributed by atoms with van der Waals surface area (Å²) < 4.78 is 25.6. The molecule has 0 aliphatic carbocycles. The number of primary amides is 1. The summed E-state index contributed by atoms with van der Waals surface area (Å²) in [6.45, 7) is 0.458. The van der Waals surface area contributed by atoms with Crippen LogP contribution in [0.15, 0.2) is 47.4 Å². The van der Waals surface area contributed by atoms with Gasteiger partial charge < -0.3 is 11.1 Å². The van der Waals surface area contributed by atoms with Crippen molar-refractivity contribution in [3.63, 3.8) is 0 Å². The monoisotopic (exact) mass is 350 g/mol. The second-order valence-electron chi connectivity index (χ2n) is 5.95. The van der Waals surface area contributed by atoms with Gasteiger partial charge in [-0.3, -0.25) is 4.79 Å². The third-order valence-electron chi connectivity index (χ3n) is 4.25. The molecule has 2 unspecified atom stereocenters. The average Bonchev–Trinajstić information content (AvgIpc) is 2.88. The van der Waals surface area contributed by atoms with Crippen molar-refractivity contribution in [3.8, 4) is 0 Å². The van der Waals surface area contributed by atoms with Crippen molar-refractivity contribution in [2.75, 3.05) is 12.3 Å². The van der Waals surface area contributed by atoms with E-state index in [2.05, 4.69) is 17.9 Å². The van der Waals surface area contributed by atoms with Crippen molar-refractivity contribution < 1.29 is 13.2 Å². The highest BCUT2D eigenvalue weighted by molar-refractivity contribution is 7.91. The number of hydrogen-bond donors (Lipinski definition) is 3. The lowest BCUT2D eigenvalue weighted by atomic mass is 9.99. The number of carbonyl (C=O) groups is 1. The maximum absolute atomic E-state index is 12.8. The SMILES string of the molecule is NC(=O)C1(CS(=O)(=O)c2ccc3ccccc3c2)CC(S)CN1. The first-order valence-electron chi connectivity index (χ1n) is 7.27. The summed E-state index contributed by atoms with van der Waals surface area (Å²) in [5.74, 6) is -1.01. The van der Waals surface area contributed by atoms with E-state index in [0.717, 1.165) is 10.8 Å². The number of thiol groups is 1. The van der Waals surface area contributed by atoms with Crippen LogP contribution in [0, 0.1) is 0 Å². The zero-order valence-corrected chi connectivity index (χ0v) is 14.1. The lowest BCUT2D eigenvalue weighted by Gasteiger charge is -2.25. The first-order valence-corrected chi connectivity index (χ1v) is 9.44. The topological polar surface area (TPSA) is 89.3 Å². The third kappa shape index (κ3) is 3.08. The van der Waals surface area contributed by atoms with E-state index in [9.17, 15) is 13.2 Å². The van der Waals surface area contributed by atoms with E-state index < -0.39 is 21.3 Å². The average molecular weight is 350 g/mol. The van der Waals surface area contributed by atoms with Crippen LogP contribution in [0.2, 0.25) is 0 Å². The van der Waals surface area contributed by atoms with Crippen LogP contribution in [0.4, 0.5) is 0 Å². The van der Waals surface area contributed by atoms with E-state index in [4.69, 9.17) is 5.73 Å². The van der Waals surface area contributed by atoms with Gasteiger partial charge in [-0.05, 0) is 29.3 Å². The molecule has 1 fully saturated rings. The molecule has 1 aliphatic rings. The summed E-state index contributed by atoms with van der Waals surface area (Å²) in [5, 5.41) is 4.67. The molecule has 1 saturated heterocycles. The molecule has 0 spiro atoms. The van der Waals surface area contributed by atoms with Crippen LogP contribution in [-0.4, -0.2) is 37.4 Å². The normalized spacial score (nSPS) is 24.8. The second-order valence-corrected chi connectivity index (χ2v) is 8.67. The van der Waals surface area contributed by atoms with Gasteiger partial charge in [-0.15, -0.1) is 0 Å². The van der Waals surface area contributed by atoms with Gasteiger partial charge in [0.25, 0.3) is 0 Å². The van der Waals surface area contributed by atoms with Crippen molar-refractivity contribution in [2.45, 2.75) is 22.1 Å². The van der Waals surface area contributed by atoms with E-state index in [1.54, 1.807) is 18.2 Å². The lowest BCUT2D eigenvalue weighted by molar-refractivity contribution is -0.123. The highest BCUT2D eigenvalue weighted by Gasteiger charge is 2.46. The number of fused-ring (bicyclic) bond motifs is 1. The molecular weight excluding hydrogens is 332 g/mol. The smallest absolute Gasteiger partial charge is 0.238 e. The molecular formula is C16H18N2O3S2. The van der Waals surface area contributed by atoms with Gasteiger partial charge in [0.2, 0.25) is 5.91 Å². The number of amides is 1. The largest absolute Gasteiger partial charge is 0.368 e. The summed E-state index contributed by atoms with van der Waals surface area (Å²) in [4.78, 5) is 12.0. The molecule has 1 aliphatic heterocycles. The van der Waals surface area contributed by atoms with Crippen LogP contribution in [0.25, 0.3) is 10.8 Å². The molecule has 2 aromatic carbocycles. The summed E-state index contributed by atoms with van der Waals surface area (Å²) in [5.41, 5.74) is 4.22. The molecule has 5 nitrogen and oxygen atoms in total. The summed E-state index contributed by atoms with van der Waals surface area (Å²) >= 11 is 4.32. The van der Waals surface area contributed by atoms with Crippen molar-refractivity contribution in [1.29, 1.82) is 0 Å². The predicted octanol–water partition coefficient (Wildman–Crippen LogP) is 1.13. The molecule has 7 heteroatoms. The van der Waals surface area contributed by atoms with Crippen molar-refractivity contribution in [1.82, 2.24) is 5.32 Å². The van der Waals surface area contributed by atoms with Gasteiger partial charge in [-0.2, -0.15) is 12.6 Å².